The van der Waals surface area contributed by atoms with Gasteiger partial charge in [0.25, 0.3) is 0 Å². The smallest absolute Gasteiger partial charge is 0.244 e. The molecular formula is C25H31Cl2N3O6S. The van der Waals surface area contributed by atoms with E-state index in [0.717, 1.165) is 10.6 Å². The van der Waals surface area contributed by atoms with Crippen molar-refractivity contribution in [1.82, 2.24) is 10.2 Å². The zero-order valence-corrected chi connectivity index (χ0v) is 23.7. The maximum absolute atomic E-state index is 13.7. The molecule has 2 aromatic rings. The minimum atomic E-state index is -3.90. The monoisotopic (exact) mass is 571 g/mol. The molecule has 0 saturated heterocycles. The Hall–Kier alpha value is -2.69. The van der Waals surface area contributed by atoms with Crippen LogP contribution in [0.25, 0.3) is 0 Å². The fourth-order valence-electron chi connectivity index (χ4n) is 3.71. The first-order valence-corrected chi connectivity index (χ1v) is 14.2. The highest BCUT2D eigenvalue weighted by atomic mass is 35.5. The Balaban J connectivity index is 1.97. The summed E-state index contributed by atoms with van der Waals surface area (Å²) in [5, 5.41) is 3.50. The van der Waals surface area contributed by atoms with Gasteiger partial charge >= 0.3 is 0 Å². The lowest BCUT2D eigenvalue weighted by Crippen LogP contribution is -2.54. The minimum absolute atomic E-state index is 0.102. The average molecular weight is 573 g/mol. The lowest BCUT2D eigenvalue weighted by molar-refractivity contribution is -0.140. The highest BCUT2D eigenvalue weighted by Gasteiger charge is 2.32. The number of nitrogens with zero attached hydrogens (tertiary/aromatic N) is 2. The molecule has 0 saturated carbocycles. The Kier molecular flexibility index (Phi) is 8.87. The quantitative estimate of drug-likeness (QED) is 0.515. The van der Waals surface area contributed by atoms with Crippen LogP contribution >= 0.6 is 23.2 Å². The first kappa shape index (κ1) is 28.9. The van der Waals surface area contributed by atoms with E-state index in [9.17, 15) is 18.0 Å². The second-order valence-electron chi connectivity index (χ2n) is 9.73. The van der Waals surface area contributed by atoms with Crippen LogP contribution in [-0.4, -0.2) is 62.7 Å². The van der Waals surface area contributed by atoms with Gasteiger partial charge in [0.2, 0.25) is 21.8 Å². The Bertz CT molecular complexity index is 1260. The second kappa shape index (κ2) is 11.4. The predicted molar refractivity (Wildman–Crippen MR) is 144 cm³/mol. The van der Waals surface area contributed by atoms with Gasteiger partial charge in [0.15, 0.2) is 11.5 Å². The standard InChI is InChI=1S/C25H31Cl2N3O6S/c1-16(24(32)28-25(2,3)4)29(14-18-19(26)7-6-8-20(18)27)23(31)15-30(37(5,33)34)17-9-10-21-22(13-17)36-12-11-35-21/h6-10,13,16H,11-12,14-15H2,1-5H3,(H,28,32). The van der Waals surface area contributed by atoms with E-state index in [1.807, 2.05) is 20.8 Å². The molecule has 1 atom stereocenters. The van der Waals surface area contributed by atoms with Crippen molar-refractivity contribution in [2.45, 2.75) is 45.8 Å². The number of halogens is 2. The lowest BCUT2D eigenvalue weighted by Gasteiger charge is -2.33. The van der Waals surface area contributed by atoms with Gasteiger partial charge in [-0.1, -0.05) is 29.3 Å². The molecule has 202 valence electrons. The van der Waals surface area contributed by atoms with E-state index in [-0.39, 0.29) is 12.2 Å². The fraction of sp³-hybridized carbons (Fsp3) is 0.440. The van der Waals surface area contributed by atoms with E-state index in [4.69, 9.17) is 32.7 Å². The summed E-state index contributed by atoms with van der Waals surface area (Å²) in [6.07, 6.45) is 1.00. The predicted octanol–water partition coefficient (Wildman–Crippen LogP) is 3.86. The number of nitrogens with one attached hydrogen (secondary N) is 1. The molecule has 1 heterocycles. The van der Waals surface area contributed by atoms with Crippen molar-refractivity contribution in [2.75, 3.05) is 30.3 Å². The van der Waals surface area contributed by atoms with Crippen molar-refractivity contribution >= 4 is 50.7 Å². The molecule has 0 aromatic heterocycles. The zero-order chi connectivity index (χ0) is 27.5. The summed E-state index contributed by atoms with van der Waals surface area (Å²) in [5.41, 5.74) is 0.119. The summed E-state index contributed by atoms with van der Waals surface area (Å²) >= 11 is 12.7. The molecule has 0 radical (unpaired) electrons. The van der Waals surface area contributed by atoms with Crippen molar-refractivity contribution in [3.05, 3.63) is 52.0 Å². The molecule has 9 nitrogen and oxygen atoms in total. The molecule has 0 aliphatic carbocycles. The van der Waals surface area contributed by atoms with Crippen LogP contribution in [0.3, 0.4) is 0 Å². The summed E-state index contributed by atoms with van der Waals surface area (Å²) in [6.45, 7) is 7.07. The van der Waals surface area contributed by atoms with Crippen LogP contribution in [0.1, 0.15) is 33.3 Å². The lowest BCUT2D eigenvalue weighted by atomic mass is 10.1. The molecule has 1 aliphatic rings. The van der Waals surface area contributed by atoms with Gasteiger partial charge in [-0.2, -0.15) is 0 Å². The van der Waals surface area contributed by atoms with E-state index in [1.54, 1.807) is 31.2 Å². The van der Waals surface area contributed by atoms with Crippen LogP contribution < -0.4 is 19.1 Å². The van der Waals surface area contributed by atoms with Crippen LogP contribution in [0.5, 0.6) is 11.5 Å². The average Bonchev–Trinajstić information content (AvgIpc) is 2.79. The topological polar surface area (TPSA) is 105 Å². The van der Waals surface area contributed by atoms with Crippen LogP contribution in [0, 0.1) is 0 Å². The normalized spacial score (nSPS) is 14.0. The summed E-state index contributed by atoms with van der Waals surface area (Å²) in [7, 11) is -3.90. The summed E-state index contributed by atoms with van der Waals surface area (Å²) in [4.78, 5) is 28.0. The van der Waals surface area contributed by atoms with Crippen LogP contribution in [-0.2, 0) is 26.2 Å². The number of ether oxygens (including phenoxy) is 2. The van der Waals surface area contributed by atoms with Crippen LogP contribution in [0.4, 0.5) is 5.69 Å². The van der Waals surface area contributed by atoms with E-state index < -0.39 is 40.0 Å². The maximum atomic E-state index is 13.7. The van der Waals surface area contributed by atoms with E-state index >= 15 is 0 Å². The second-order valence-corrected chi connectivity index (χ2v) is 12.5. The van der Waals surface area contributed by atoms with Crippen molar-refractivity contribution in [2.24, 2.45) is 0 Å². The van der Waals surface area contributed by atoms with Gasteiger partial charge in [-0.3, -0.25) is 13.9 Å². The van der Waals surface area contributed by atoms with Crippen LogP contribution in [0.2, 0.25) is 10.0 Å². The number of carbonyl (C=O) groups excluding carboxylic acids is 2. The molecule has 1 unspecified atom stereocenters. The Morgan fingerprint density at radius 1 is 1.05 bits per heavy atom. The van der Waals surface area contributed by atoms with Gasteiger partial charge in [0, 0.05) is 33.8 Å². The van der Waals surface area contributed by atoms with E-state index in [0.29, 0.717) is 40.3 Å². The van der Waals surface area contributed by atoms with E-state index in [2.05, 4.69) is 5.32 Å². The number of hydrogen-bond donors (Lipinski definition) is 1. The molecule has 12 heteroatoms. The number of anilines is 1. The van der Waals surface area contributed by atoms with Gasteiger partial charge in [-0.15, -0.1) is 0 Å². The number of carbonyl (C=O) groups is 2. The van der Waals surface area contributed by atoms with Gasteiger partial charge in [-0.25, -0.2) is 8.42 Å². The Labute approximate surface area is 227 Å². The van der Waals surface area contributed by atoms with Crippen molar-refractivity contribution in [3.8, 4) is 11.5 Å². The summed E-state index contributed by atoms with van der Waals surface area (Å²) in [6, 6.07) is 8.60. The first-order chi connectivity index (χ1) is 17.2. The largest absolute Gasteiger partial charge is 0.486 e. The van der Waals surface area contributed by atoms with Gasteiger partial charge in [-0.05, 0) is 52.0 Å². The van der Waals surface area contributed by atoms with Crippen molar-refractivity contribution in [1.29, 1.82) is 0 Å². The highest BCUT2D eigenvalue weighted by Crippen LogP contribution is 2.35. The number of fused-ring (bicyclic) bond motifs is 1. The summed E-state index contributed by atoms with van der Waals surface area (Å²) in [5.74, 6) is -0.165. The number of sulfonamides is 1. The molecule has 3 rings (SSSR count). The molecule has 0 spiro atoms. The first-order valence-electron chi connectivity index (χ1n) is 11.6. The molecule has 1 N–H and O–H groups in total. The van der Waals surface area contributed by atoms with Gasteiger partial charge in [0.1, 0.15) is 25.8 Å². The molecule has 2 amide bonds. The van der Waals surface area contributed by atoms with E-state index in [1.165, 1.54) is 17.0 Å². The maximum Gasteiger partial charge on any atom is 0.244 e. The summed E-state index contributed by atoms with van der Waals surface area (Å²) < 4.78 is 37.6. The van der Waals surface area contributed by atoms with Gasteiger partial charge < -0.3 is 19.7 Å². The molecular weight excluding hydrogens is 541 g/mol. The number of benzene rings is 2. The Morgan fingerprint density at radius 3 is 2.22 bits per heavy atom. The Morgan fingerprint density at radius 2 is 1.65 bits per heavy atom. The fourth-order valence-corrected chi connectivity index (χ4v) is 5.07. The highest BCUT2D eigenvalue weighted by molar-refractivity contribution is 7.92. The SMILES string of the molecule is CC(C(=O)NC(C)(C)C)N(Cc1c(Cl)cccc1Cl)C(=O)CN(c1ccc2c(c1)OCCO2)S(C)(=O)=O. The minimum Gasteiger partial charge on any atom is -0.486 e. The third-order valence-electron chi connectivity index (χ3n) is 5.55. The third kappa shape index (κ3) is 7.43. The van der Waals surface area contributed by atoms with Gasteiger partial charge in [0.05, 0.1) is 11.9 Å². The number of amides is 2. The zero-order valence-electron chi connectivity index (χ0n) is 21.4. The number of hydrogen-bond acceptors (Lipinski definition) is 6. The molecule has 0 bridgehead atoms. The molecule has 37 heavy (non-hydrogen) atoms. The molecule has 0 fully saturated rings. The number of rotatable bonds is 8. The molecule has 1 aliphatic heterocycles. The molecule has 2 aromatic carbocycles. The third-order valence-corrected chi connectivity index (χ3v) is 7.40. The van der Waals surface area contributed by atoms with Crippen molar-refractivity contribution in [3.63, 3.8) is 0 Å². The van der Waals surface area contributed by atoms with Crippen LogP contribution in [0.15, 0.2) is 36.4 Å². The van der Waals surface area contributed by atoms with Crippen molar-refractivity contribution < 1.29 is 27.5 Å².